The number of anilines is 2. The van der Waals surface area contributed by atoms with Crippen LogP contribution in [0.25, 0.3) is 11.3 Å². The first-order valence-electron chi connectivity index (χ1n) is 10.5. The second-order valence-electron chi connectivity index (χ2n) is 7.96. The quantitative estimate of drug-likeness (QED) is 0.598. The number of carbonyl (C=O) groups is 1. The minimum Gasteiger partial charge on any atom is -0.381 e. The molecule has 0 radical (unpaired) electrons. The lowest BCUT2D eigenvalue weighted by Gasteiger charge is -2.22. The zero-order valence-corrected chi connectivity index (χ0v) is 17.9. The molecule has 2 aliphatic rings. The molecule has 0 bridgehead atoms. The molecule has 2 aliphatic heterocycles. The van der Waals surface area contributed by atoms with Gasteiger partial charge in [-0.1, -0.05) is 11.6 Å². The second kappa shape index (κ2) is 10.3. The molecule has 2 aromatic heterocycles. The van der Waals surface area contributed by atoms with Gasteiger partial charge in [-0.25, -0.2) is 14.4 Å². The number of hydrogen-bond donors (Lipinski definition) is 3. The van der Waals surface area contributed by atoms with Gasteiger partial charge < -0.3 is 20.7 Å². The van der Waals surface area contributed by atoms with Crippen molar-refractivity contribution in [3.8, 4) is 11.3 Å². The van der Waals surface area contributed by atoms with Crippen molar-refractivity contribution in [2.24, 2.45) is 11.8 Å². The third kappa shape index (κ3) is 5.66. The molecule has 0 spiro atoms. The number of carbonyl (C=O) groups excluding carboxylic acids is 1. The highest BCUT2D eigenvalue weighted by Gasteiger charge is 2.29. The summed E-state index contributed by atoms with van der Waals surface area (Å²) in [4.78, 5) is 25.6. The molecule has 10 heteroatoms. The Hall–Kier alpha value is -2.36. The van der Waals surface area contributed by atoms with Gasteiger partial charge in [-0.15, -0.1) is 0 Å². The van der Waals surface area contributed by atoms with Crippen LogP contribution in [0, 0.1) is 11.8 Å². The Bertz CT molecular complexity index is 911. The monoisotopic (exact) mass is 448 g/mol. The summed E-state index contributed by atoms with van der Waals surface area (Å²) in [5.41, 5.74) is 1.21. The van der Waals surface area contributed by atoms with Gasteiger partial charge in [0.15, 0.2) is 0 Å². The first-order chi connectivity index (χ1) is 15.1. The van der Waals surface area contributed by atoms with Crippen LogP contribution in [-0.4, -0.2) is 59.9 Å². The van der Waals surface area contributed by atoms with Gasteiger partial charge in [-0.2, -0.15) is 0 Å². The van der Waals surface area contributed by atoms with E-state index in [1.54, 1.807) is 18.5 Å². The summed E-state index contributed by atoms with van der Waals surface area (Å²) >= 11 is 6.35. The van der Waals surface area contributed by atoms with E-state index in [0.29, 0.717) is 46.8 Å². The Labute approximate surface area is 185 Å². The Morgan fingerprint density at radius 2 is 2.10 bits per heavy atom. The molecule has 166 valence electrons. The van der Waals surface area contributed by atoms with Crippen molar-refractivity contribution in [1.82, 2.24) is 20.3 Å². The fourth-order valence-electron chi connectivity index (χ4n) is 3.85. The molecule has 31 heavy (non-hydrogen) atoms. The van der Waals surface area contributed by atoms with Crippen molar-refractivity contribution < 1.29 is 13.9 Å². The van der Waals surface area contributed by atoms with Crippen LogP contribution < -0.4 is 16.0 Å². The zero-order chi connectivity index (χ0) is 21.6. The van der Waals surface area contributed by atoms with Crippen molar-refractivity contribution in [3.05, 3.63) is 29.7 Å². The highest BCUT2D eigenvalue weighted by Crippen LogP contribution is 2.29. The number of amides is 1. The number of nitrogens with one attached hydrogen (secondary N) is 3. The molecule has 2 aromatic rings. The van der Waals surface area contributed by atoms with Crippen LogP contribution in [0.4, 0.5) is 16.0 Å². The Morgan fingerprint density at radius 3 is 2.87 bits per heavy atom. The summed E-state index contributed by atoms with van der Waals surface area (Å²) in [6, 6.07) is 1.41. The summed E-state index contributed by atoms with van der Waals surface area (Å²) < 4.78 is 18.2. The minimum atomic E-state index is -0.481. The predicted molar refractivity (Wildman–Crippen MR) is 117 cm³/mol. The molecule has 0 saturated carbocycles. The summed E-state index contributed by atoms with van der Waals surface area (Å²) in [6.07, 6.45) is 7.31. The molecule has 4 rings (SSSR count). The van der Waals surface area contributed by atoms with Crippen LogP contribution in [0.5, 0.6) is 0 Å². The number of rotatable bonds is 7. The van der Waals surface area contributed by atoms with Crippen molar-refractivity contribution >= 4 is 29.1 Å². The van der Waals surface area contributed by atoms with E-state index in [2.05, 4.69) is 30.9 Å². The molecule has 8 nitrogen and oxygen atoms in total. The zero-order valence-electron chi connectivity index (χ0n) is 17.1. The second-order valence-corrected chi connectivity index (χ2v) is 8.36. The molecule has 0 aliphatic carbocycles. The fraction of sp³-hybridized carbons (Fsp3) is 0.524. The Morgan fingerprint density at radius 1 is 1.26 bits per heavy atom. The van der Waals surface area contributed by atoms with Crippen LogP contribution in [-0.2, 0) is 9.53 Å². The van der Waals surface area contributed by atoms with Crippen LogP contribution in [0.2, 0.25) is 5.02 Å². The van der Waals surface area contributed by atoms with Crippen molar-refractivity contribution in [2.75, 3.05) is 43.6 Å². The van der Waals surface area contributed by atoms with E-state index in [9.17, 15) is 9.18 Å². The molecular formula is C21H26ClFN6O2. The molecule has 2 fully saturated rings. The number of alkyl halides is 1. The number of aromatic nitrogens is 3. The Kier molecular flexibility index (Phi) is 7.26. The summed E-state index contributed by atoms with van der Waals surface area (Å²) in [7, 11) is 0. The average molecular weight is 449 g/mol. The van der Waals surface area contributed by atoms with Gasteiger partial charge in [0.1, 0.15) is 18.3 Å². The van der Waals surface area contributed by atoms with Gasteiger partial charge in [-0.05, 0) is 31.2 Å². The SMILES string of the molecule is O=C(Nc1cc(-c2cncc(NCC3CCOCC3)n2)c(Cl)cn1)[C@H]1CN[C@@H](CF)C1. The number of halogens is 2. The molecular weight excluding hydrogens is 423 g/mol. The summed E-state index contributed by atoms with van der Waals surface area (Å²) in [5, 5.41) is 9.56. The lowest BCUT2D eigenvalue weighted by Crippen LogP contribution is -2.25. The minimum absolute atomic E-state index is 0.192. The van der Waals surface area contributed by atoms with E-state index < -0.39 is 6.67 Å². The van der Waals surface area contributed by atoms with Crippen LogP contribution >= 0.6 is 11.6 Å². The number of pyridine rings is 1. The molecule has 3 N–H and O–H groups in total. The largest absolute Gasteiger partial charge is 0.381 e. The lowest BCUT2D eigenvalue weighted by molar-refractivity contribution is -0.119. The molecule has 4 heterocycles. The third-order valence-electron chi connectivity index (χ3n) is 5.71. The maximum atomic E-state index is 12.8. The van der Waals surface area contributed by atoms with Crippen LogP contribution in [0.1, 0.15) is 19.3 Å². The summed E-state index contributed by atoms with van der Waals surface area (Å²) in [6.45, 7) is 2.37. The molecule has 0 unspecified atom stereocenters. The fourth-order valence-corrected chi connectivity index (χ4v) is 4.05. The maximum Gasteiger partial charge on any atom is 0.229 e. The van der Waals surface area contributed by atoms with Crippen molar-refractivity contribution in [2.45, 2.75) is 25.3 Å². The van der Waals surface area contributed by atoms with Gasteiger partial charge in [0.05, 0.1) is 29.0 Å². The third-order valence-corrected chi connectivity index (χ3v) is 6.01. The van der Waals surface area contributed by atoms with E-state index in [4.69, 9.17) is 16.3 Å². The van der Waals surface area contributed by atoms with Gasteiger partial charge >= 0.3 is 0 Å². The average Bonchev–Trinajstić information content (AvgIpc) is 3.29. The normalized spacial score (nSPS) is 21.7. The van der Waals surface area contributed by atoms with Gasteiger partial charge in [-0.3, -0.25) is 9.78 Å². The van der Waals surface area contributed by atoms with Gasteiger partial charge in [0, 0.05) is 44.1 Å². The molecule has 2 saturated heterocycles. The highest BCUT2D eigenvalue weighted by molar-refractivity contribution is 6.33. The van der Waals surface area contributed by atoms with E-state index in [1.165, 1.54) is 6.20 Å². The van der Waals surface area contributed by atoms with E-state index >= 15 is 0 Å². The lowest BCUT2D eigenvalue weighted by atomic mass is 10.0. The maximum absolute atomic E-state index is 12.8. The number of nitrogens with zero attached hydrogens (tertiary/aromatic N) is 3. The van der Waals surface area contributed by atoms with E-state index in [1.807, 2.05) is 0 Å². The van der Waals surface area contributed by atoms with E-state index in [-0.39, 0.29) is 17.9 Å². The molecule has 2 atom stereocenters. The van der Waals surface area contributed by atoms with Crippen LogP contribution in [0.3, 0.4) is 0 Å². The standard InChI is InChI=1S/C21H26ClFN6O2/c22-17-10-27-19(29-21(30)14-5-15(7-23)25-9-14)6-16(17)18-11-24-12-20(28-18)26-8-13-1-3-31-4-2-13/h6,10-15,25H,1-5,7-9H2,(H,26,28)(H,27,29,30)/t14-,15-/m1/s1. The first kappa shape index (κ1) is 21.9. The van der Waals surface area contributed by atoms with E-state index in [0.717, 1.165) is 32.6 Å². The summed E-state index contributed by atoms with van der Waals surface area (Å²) in [5.74, 6) is 1.10. The van der Waals surface area contributed by atoms with Crippen LogP contribution in [0.15, 0.2) is 24.7 Å². The number of ether oxygens (including phenoxy) is 1. The van der Waals surface area contributed by atoms with Crippen molar-refractivity contribution in [1.29, 1.82) is 0 Å². The van der Waals surface area contributed by atoms with Crippen molar-refractivity contribution in [3.63, 3.8) is 0 Å². The molecule has 0 aromatic carbocycles. The first-order valence-corrected chi connectivity index (χ1v) is 10.9. The van der Waals surface area contributed by atoms with Gasteiger partial charge in [0.25, 0.3) is 0 Å². The smallest absolute Gasteiger partial charge is 0.229 e. The predicted octanol–water partition coefficient (Wildman–Crippen LogP) is 2.92. The Balaban J connectivity index is 1.43. The number of hydrogen-bond acceptors (Lipinski definition) is 7. The topological polar surface area (TPSA) is 101 Å². The highest BCUT2D eigenvalue weighted by atomic mass is 35.5. The molecule has 1 amide bonds. The van der Waals surface area contributed by atoms with Gasteiger partial charge in [0.2, 0.25) is 5.91 Å².